The van der Waals surface area contributed by atoms with E-state index in [4.69, 9.17) is 0 Å². The van der Waals surface area contributed by atoms with E-state index in [2.05, 4.69) is 6.92 Å². The molecule has 106 valence electrons. The van der Waals surface area contributed by atoms with Gasteiger partial charge < -0.3 is 0 Å². The van der Waals surface area contributed by atoms with E-state index in [1.165, 1.54) is 50.5 Å². The van der Waals surface area contributed by atoms with Gasteiger partial charge in [0.2, 0.25) is 0 Å². The van der Waals surface area contributed by atoms with Crippen LogP contribution in [-0.2, 0) is 4.79 Å². The lowest BCUT2D eigenvalue weighted by molar-refractivity contribution is -0.104. The van der Waals surface area contributed by atoms with E-state index in [0.29, 0.717) is 6.42 Å². The number of unbranched alkanes of at least 4 members (excludes halogenated alkanes) is 7. The fraction of sp³-hybridized carbons (Fsp3) is 0.812. The maximum Gasteiger partial charge on any atom is 0.142 e. The molecule has 0 rings (SSSR count). The molecule has 0 aromatic heterocycles. The molecule has 0 aromatic rings. The van der Waals surface area contributed by atoms with Crippen LogP contribution in [0, 0.1) is 0 Å². The molecule has 0 aromatic carbocycles. The molecule has 0 radical (unpaired) electrons. The van der Waals surface area contributed by atoms with Gasteiger partial charge in [0.15, 0.2) is 0 Å². The van der Waals surface area contributed by atoms with Gasteiger partial charge in [0, 0.05) is 0 Å². The summed E-state index contributed by atoms with van der Waals surface area (Å²) in [4.78, 5) is 10.5. The lowest BCUT2D eigenvalue weighted by Gasteiger charge is -2.06. The molecule has 0 aliphatic carbocycles. The van der Waals surface area contributed by atoms with Crippen LogP contribution in [-0.4, -0.2) is 13.0 Å². The van der Waals surface area contributed by atoms with E-state index in [-0.39, 0.29) is 6.67 Å². The van der Waals surface area contributed by atoms with Crippen LogP contribution >= 0.6 is 0 Å². The molecule has 0 aliphatic heterocycles. The van der Waals surface area contributed by atoms with Gasteiger partial charge in [0.1, 0.15) is 6.29 Å². The molecule has 0 fully saturated rings. The largest absolute Gasteiger partial charge is 0.299 e. The molecule has 2 heteroatoms. The van der Waals surface area contributed by atoms with Gasteiger partial charge in [-0.3, -0.25) is 9.18 Å². The van der Waals surface area contributed by atoms with Crippen LogP contribution in [0.3, 0.4) is 0 Å². The van der Waals surface area contributed by atoms with Crippen LogP contribution in [0.4, 0.5) is 4.39 Å². The Labute approximate surface area is 112 Å². The second-order valence-electron chi connectivity index (χ2n) is 4.98. The van der Waals surface area contributed by atoms with Crippen molar-refractivity contribution in [3.63, 3.8) is 0 Å². The summed E-state index contributed by atoms with van der Waals surface area (Å²) < 4.78 is 12.0. The van der Waals surface area contributed by atoms with E-state index in [9.17, 15) is 9.18 Å². The first-order chi connectivity index (χ1) is 8.85. The second-order valence-corrected chi connectivity index (χ2v) is 4.98. The first kappa shape index (κ1) is 17.3. The van der Waals surface area contributed by atoms with Gasteiger partial charge >= 0.3 is 0 Å². The van der Waals surface area contributed by atoms with Crippen molar-refractivity contribution in [2.45, 2.75) is 77.6 Å². The summed E-state index contributed by atoms with van der Waals surface area (Å²) in [6.07, 6.45) is 15.0. The summed E-state index contributed by atoms with van der Waals surface area (Å²) in [6.45, 7) is 1.99. The predicted octanol–water partition coefficient (Wildman–Crippen LogP) is 5.39. The average molecular weight is 256 g/mol. The normalized spacial score (nSPS) is 11.8. The highest BCUT2D eigenvalue weighted by Gasteiger charge is 1.98. The minimum atomic E-state index is -0.244. The van der Waals surface area contributed by atoms with Crippen LogP contribution in [0.2, 0.25) is 0 Å². The zero-order valence-corrected chi connectivity index (χ0v) is 11.9. The molecule has 18 heavy (non-hydrogen) atoms. The summed E-state index contributed by atoms with van der Waals surface area (Å²) in [7, 11) is 0. The van der Waals surface area contributed by atoms with Gasteiger partial charge in [-0.25, -0.2) is 0 Å². The van der Waals surface area contributed by atoms with Gasteiger partial charge in [0.25, 0.3) is 0 Å². The van der Waals surface area contributed by atoms with Gasteiger partial charge in [-0.2, -0.15) is 0 Å². The molecular weight excluding hydrogens is 227 g/mol. The standard InChI is InChI=1S/C16H29FO/c1-2-3-4-5-6-7-8-11-16(13-15-18)12-9-10-14-17/h13,15H,2-12,14H2,1H3. The van der Waals surface area contributed by atoms with Crippen molar-refractivity contribution in [3.8, 4) is 0 Å². The summed E-state index contributed by atoms with van der Waals surface area (Å²) in [5.41, 5.74) is 1.20. The third-order valence-corrected chi connectivity index (χ3v) is 3.29. The third-order valence-electron chi connectivity index (χ3n) is 3.29. The van der Waals surface area contributed by atoms with Crippen molar-refractivity contribution in [1.82, 2.24) is 0 Å². The van der Waals surface area contributed by atoms with Gasteiger partial charge in [-0.1, -0.05) is 51.0 Å². The van der Waals surface area contributed by atoms with Crippen molar-refractivity contribution in [3.05, 3.63) is 11.6 Å². The van der Waals surface area contributed by atoms with Crippen LogP contribution in [0.25, 0.3) is 0 Å². The minimum absolute atomic E-state index is 0.244. The van der Waals surface area contributed by atoms with Crippen molar-refractivity contribution in [1.29, 1.82) is 0 Å². The SMILES string of the molecule is CCCCCCCCCC(=CC=O)CCCCF. The molecular formula is C16H29FO. The molecule has 0 spiro atoms. The van der Waals surface area contributed by atoms with E-state index in [0.717, 1.165) is 25.5 Å². The third kappa shape index (κ3) is 11.8. The number of carbonyl (C=O) groups is 1. The first-order valence-electron chi connectivity index (χ1n) is 7.54. The van der Waals surface area contributed by atoms with Crippen LogP contribution in [0.5, 0.6) is 0 Å². The highest BCUT2D eigenvalue weighted by molar-refractivity contribution is 5.66. The molecule has 0 unspecified atom stereocenters. The Balaban J connectivity index is 3.52. The number of allylic oxidation sites excluding steroid dienone is 2. The van der Waals surface area contributed by atoms with Gasteiger partial charge in [-0.05, 0) is 38.2 Å². The number of aldehydes is 1. The minimum Gasteiger partial charge on any atom is -0.299 e. The average Bonchev–Trinajstić information content (AvgIpc) is 2.38. The molecule has 0 heterocycles. The molecule has 0 atom stereocenters. The summed E-state index contributed by atoms with van der Waals surface area (Å²) in [5.74, 6) is 0. The first-order valence-corrected chi connectivity index (χ1v) is 7.54. The van der Waals surface area contributed by atoms with E-state index < -0.39 is 0 Å². The summed E-state index contributed by atoms with van der Waals surface area (Å²) in [5, 5.41) is 0. The van der Waals surface area contributed by atoms with Crippen molar-refractivity contribution in [2.75, 3.05) is 6.67 Å². The molecule has 0 saturated heterocycles. The number of rotatable bonds is 13. The molecule has 0 aliphatic rings. The zero-order chi connectivity index (χ0) is 13.5. The topological polar surface area (TPSA) is 17.1 Å². The van der Waals surface area contributed by atoms with E-state index in [1.807, 2.05) is 0 Å². The maximum absolute atomic E-state index is 12.0. The number of alkyl halides is 1. The number of carbonyl (C=O) groups excluding carboxylic acids is 1. The van der Waals surface area contributed by atoms with Gasteiger partial charge in [-0.15, -0.1) is 0 Å². The fourth-order valence-corrected chi connectivity index (χ4v) is 2.14. The number of hydrogen-bond acceptors (Lipinski definition) is 1. The molecule has 0 bridgehead atoms. The second kappa shape index (κ2) is 14.4. The van der Waals surface area contributed by atoms with E-state index >= 15 is 0 Å². The number of hydrogen-bond donors (Lipinski definition) is 0. The fourth-order valence-electron chi connectivity index (χ4n) is 2.14. The molecule has 1 nitrogen and oxygen atoms in total. The predicted molar refractivity (Wildman–Crippen MR) is 76.6 cm³/mol. The van der Waals surface area contributed by atoms with Gasteiger partial charge in [0.05, 0.1) is 6.67 Å². The Morgan fingerprint density at radius 2 is 1.44 bits per heavy atom. The summed E-state index contributed by atoms with van der Waals surface area (Å²) >= 11 is 0. The molecule has 0 saturated carbocycles. The monoisotopic (exact) mass is 256 g/mol. The smallest absolute Gasteiger partial charge is 0.142 e. The Kier molecular flexibility index (Phi) is 13.9. The zero-order valence-electron chi connectivity index (χ0n) is 11.9. The van der Waals surface area contributed by atoms with Crippen molar-refractivity contribution in [2.24, 2.45) is 0 Å². The molecule has 0 amide bonds. The van der Waals surface area contributed by atoms with Crippen molar-refractivity contribution < 1.29 is 9.18 Å². The number of halogens is 1. The van der Waals surface area contributed by atoms with Crippen LogP contribution in [0.1, 0.15) is 77.6 Å². The Bertz CT molecular complexity index is 211. The highest BCUT2D eigenvalue weighted by atomic mass is 19.1. The summed E-state index contributed by atoms with van der Waals surface area (Å²) in [6, 6.07) is 0. The lowest BCUT2D eigenvalue weighted by Crippen LogP contribution is -1.89. The lowest BCUT2D eigenvalue weighted by atomic mass is 10.0. The molecule has 0 N–H and O–H groups in total. The Morgan fingerprint density at radius 1 is 0.889 bits per heavy atom. The van der Waals surface area contributed by atoms with Crippen molar-refractivity contribution >= 4 is 6.29 Å². The Morgan fingerprint density at radius 3 is 2.00 bits per heavy atom. The quantitative estimate of drug-likeness (QED) is 0.245. The van der Waals surface area contributed by atoms with Crippen LogP contribution in [0.15, 0.2) is 11.6 Å². The van der Waals surface area contributed by atoms with Crippen LogP contribution < -0.4 is 0 Å². The van der Waals surface area contributed by atoms with E-state index in [1.54, 1.807) is 6.08 Å². The Hall–Kier alpha value is -0.660. The highest BCUT2D eigenvalue weighted by Crippen LogP contribution is 2.16. The maximum atomic E-state index is 12.0.